The van der Waals surface area contributed by atoms with Crippen molar-refractivity contribution in [3.8, 4) is 0 Å². The van der Waals surface area contributed by atoms with Crippen LogP contribution < -0.4 is 5.32 Å². The fourth-order valence-corrected chi connectivity index (χ4v) is 3.29. The summed E-state index contributed by atoms with van der Waals surface area (Å²) in [5.74, 6) is 0. The number of aromatic nitrogens is 2. The van der Waals surface area contributed by atoms with Gasteiger partial charge >= 0.3 is 0 Å². The Morgan fingerprint density at radius 1 is 1.30 bits per heavy atom. The molecule has 0 bridgehead atoms. The van der Waals surface area contributed by atoms with Gasteiger partial charge < -0.3 is 5.32 Å². The highest BCUT2D eigenvalue weighted by Crippen LogP contribution is 2.42. The van der Waals surface area contributed by atoms with E-state index in [1.54, 1.807) is 0 Å². The Bertz CT molecular complexity index is 625. The van der Waals surface area contributed by atoms with Crippen LogP contribution in [-0.4, -0.2) is 9.78 Å². The summed E-state index contributed by atoms with van der Waals surface area (Å²) < 4.78 is 1.87. The maximum absolute atomic E-state index is 4.42. The molecule has 2 aromatic rings. The van der Waals surface area contributed by atoms with Crippen molar-refractivity contribution in [3.63, 3.8) is 0 Å². The summed E-state index contributed by atoms with van der Waals surface area (Å²) in [7, 11) is 1.97. The summed E-state index contributed by atoms with van der Waals surface area (Å²) in [4.78, 5) is 0. The van der Waals surface area contributed by atoms with Gasteiger partial charge in [-0.15, -0.1) is 0 Å². The molecule has 1 aromatic heterocycles. The molecule has 106 valence electrons. The Balaban J connectivity index is 1.94. The molecule has 0 amide bonds. The van der Waals surface area contributed by atoms with Crippen molar-refractivity contribution in [3.05, 3.63) is 47.3 Å². The number of hydrogen-bond acceptors (Lipinski definition) is 2. The zero-order valence-electron chi connectivity index (χ0n) is 12.8. The van der Waals surface area contributed by atoms with Crippen molar-refractivity contribution in [1.82, 2.24) is 9.78 Å². The van der Waals surface area contributed by atoms with Gasteiger partial charge in [-0.05, 0) is 36.3 Å². The van der Waals surface area contributed by atoms with Crippen LogP contribution in [0.2, 0.25) is 0 Å². The molecule has 3 heteroatoms. The molecule has 1 unspecified atom stereocenters. The van der Waals surface area contributed by atoms with Crippen LogP contribution in [0.5, 0.6) is 0 Å². The number of nitrogens with one attached hydrogen (secondary N) is 1. The second kappa shape index (κ2) is 4.65. The lowest BCUT2D eigenvalue weighted by atomic mass is 9.71. The molecule has 1 aliphatic carbocycles. The summed E-state index contributed by atoms with van der Waals surface area (Å²) in [6.45, 7) is 6.75. The van der Waals surface area contributed by atoms with Gasteiger partial charge in [-0.2, -0.15) is 5.10 Å². The average molecular weight is 269 g/mol. The van der Waals surface area contributed by atoms with Gasteiger partial charge in [-0.3, -0.25) is 4.68 Å². The highest BCUT2D eigenvalue weighted by molar-refractivity contribution is 5.50. The maximum Gasteiger partial charge on any atom is 0.0825 e. The van der Waals surface area contributed by atoms with E-state index in [9.17, 15) is 0 Å². The van der Waals surface area contributed by atoms with E-state index in [4.69, 9.17) is 0 Å². The van der Waals surface area contributed by atoms with Crippen molar-refractivity contribution in [1.29, 1.82) is 0 Å². The molecule has 0 fully saturated rings. The normalized spacial score (nSPS) is 20.5. The number of rotatable bonds is 2. The molecule has 0 spiro atoms. The molecule has 1 atom stereocenters. The lowest BCUT2D eigenvalue weighted by Gasteiger charge is -2.37. The standard InChI is InChI=1S/C17H23N3/c1-12-16(11-20(4)19-12)18-15-9-10-17(2,3)14-8-6-5-7-13(14)15/h5-8,11,15,18H,9-10H2,1-4H3. The van der Waals surface area contributed by atoms with Crippen LogP contribution >= 0.6 is 0 Å². The minimum Gasteiger partial charge on any atom is -0.375 e. The minimum absolute atomic E-state index is 0.277. The zero-order chi connectivity index (χ0) is 14.3. The summed E-state index contributed by atoms with van der Waals surface area (Å²) in [6, 6.07) is 9.23. The molecule has 3 nitrogen and oxygen atoms in total. The molecule has 1 aromatic carbocycles. The van der Waals surface area contributed by atoms with Gasteiger partial charge in [-0.1, -0.05) is 38.1 Å². The van der Waals surface area contributed by atoms with E-state index in [0.29, 0.717) is 6.04 Å². The number of aryl methyl sites for hydroxylation is 2. The lowest BCUT2D eigenvalue weighted by molar-refractivity contribution is 0.406. The minimum atomic E-state index is 0.277. The van der Waals surface area contributed by atoms with Gasteiger partial charge in [0, 0.05) is 13.2 Å². The molecule has 0 saturated heterocycles. The Kier molecular flexibility index (Phi) is 3.08. The number of benzene rings is 1. The molecule has 0 saturated carbocycles. The molecular weight excluding hydrogens is 246 g/mol. The van der Waals surface area contributed by atoms with Crippen LogP contribution in [-0.2, 0) is 12.5 Å². The van der Waals surface area contributed by atoms with Crippen molar-refractivity contribution < 1.29 is 0 Å². The Hall–Kier alpha value is -1.77. The van der Waals surface area contributed by atoms with E-state index in [2.05, 4.69) is 61.6 Å². The Labute approximate surface area is 121 Å². The van der Waals surface area contributed by atoms with Gasteiger partial charge in [0.15, 0.2) is 0 Å². The van der Waals surface area contributed by atoms with E-state index in [-0.39, 0.29) is 5.41 Å². The third-order valence-corrected chi connectivity index (χ3v) is 4.47. The van der Waals surface area contributed by atoms with Gasteiger partial charge in [0.25, 0.3) is 0 Å². The monoisotopic (exact) mass is 269 g/mol. The van der Waals surface area contributed by atoms with Crippen LogP contribution in [0.1, 0.15) is 49.6 Å². The lowest BCUT2D eigenvalue weighted by Crippen LogP contribution is -2.29. The quantitative estimate of drug-likeness (QED) is 0.894. The van der Waals surface area contributed by atoms with E-state index in [0.717, 1.165) is 11.4 Å². The SMILES string of the molecule is Cc1nn(C)cc1NC1CCC(C)(C)c2ccccc21. The van der Waals surface area contributed by atoms with Gasteiger partial charge in [0.05, 0.1) is 17.4 Å². The second-order valence-electron chi connectivity index (χ2n) is 6.51. The highest BCUT2D eigenvalue weighted by Gasteiger charge is 2.32. The highest BCUT2D eigenvalue weighted by atomic mass is 15.3. The van der Waals surface area contributed by atoms with Crippen molar-refractivity contribution in [2.24, 2.45) is 7.05 Å². The fourth-order valence-electron chi connectivity index (χ4n) is 3.29. The van der Waals surface area contributed by atoms with Gasteiger partial charge in [0.2, 0.25) is 0 Å². The second-order valence-corrected chi connectivity index (χ2v) is 6.51. The Morgan fingerprint density at radius 3 is 2.75 bits per heavy atom. The number of fused-ring (bicyclic) bond motifs is 1. The predicted octanol–water partition coefficient (Wildman–Crippen LogP) is 3.95. The summed E-state index contributed by atoms with van der Waals surface area (Å²) >= 11 is 0. The first-order valence-electron chi connectivity index (χ1n) is 7.33. The van der Waals surface area contributed by atoms with Crippen LogP contribution in [0.15, 0.2) is 30.5 Å². The zero-order valence-corrected chi connectivity index (χ0v) is 12.8. The first-order chi connectivity index (χ1) is 9.47. The maximum atomic E-state index is 4.42. The van der Waals surface area contributed by atoms with Crippen molar-refractivity contribution >= 4 is 5.69 Å². The first-order valence-corrected chi connectivity index (χ1v) is 7.33. The molecule has 0 aliphatic heterocycles. The topological polar surface area (TPSA) is 29.9 Å². The van der Waals surface area contributed by atoms with E-state index < -0.39 is 0 Å². The molecule has 3 rings (SSSR count). The molecule has 1 heterocycles. The van der Waals surface area contributed by atoms with Gasteiger partial charge in [-0.25, -0.2) is 0 Å². The van der Waals surface area contributed by atoms with Crippen LogP contribution in [0.3, 0.4) is 0 Å². The number of nitrogens with zero attached hydrogens (tertiary/aromatic N) is 2. The number of hydrogen-bond donors (Lipinski definition) is 1. The van der Waals surface area contributed by atoms with E-state index in [1.165, 1.54) is 24.0 Å². The van der Waals surface area contributed by atoms with Gasteiger partial charge in [0.1, 0.15) is 0 Å². The molecule has 1 aliphatic rings. The van der Waals surface area contributed by atoms with Crippen LogP contribution in [0.25, 0.3) is 0 Å². The summed E-state index contributed by atoms with van der Waals surface area (Å²) in [5.41, 5.74) is 5.40. The third-order valence-electron chi connectivity index (χ3n) is 4.47. The van der Waals surface area contributed by atoms with Crippen molar-refractivity contribution in [2.75, 3.05) is 5.32 Å². The third kappa shape index (κ3) is 2.21. The number of anilines is 1. The average Bonchev–Trinajstić information content (AvgIpc) is 2.72. The van der Waals surface area contributed by atoms with Crippen LogP contribution in [0.4, 0.5) is 5.69 Å². The van der Waals surface area contributed by atoms with Crippen LogP contribution in [0, 0.1) is 6.92 Å². The van der Waals surface area contributed by atoms with E-state index >= 15 is 0 Å². The molecule has 0 radical (unpaired) electrons. The molecule has 20 heavy (non-hydrogen) atoms. The smallest absolute Gasteiger partial charge is 0.0825 e. The van der Waals surface area contributed by atoms with E-state index in [1.807, 2.05) is 11.7 Å². The molecule has 1 N–H and O–H groups in total. The van der Waals surface area contributed by atoms with Crippen molar-refractivity contribution in [2.45, 2.75) is 45.1 Å². The fraction of sp³-hybridized carbons (Fsp3) is 0.471. The molecular formula is C17H23N3. The summed E-state index contributed by atoms with van der Waals surface area (Å²) in [6.07, 6.45) is 4.44. The largest absolute Gasteiger partial charge is 0.375 e. The predicted molar refractivity (Wildman–Crippen MR) is 83.0 cm³/mol. The summed E-state index contributed by atoms with van der Waals surface area (Å²) in [5, 5.41) is 8.10. The first kappa shape index (κ1) is 13.2. The Morgan fingerprint density at radius 2 is 2.05 bits per heavy atom.